The largest absolute Gasteiger partial charge is 0.316 e. The number of hydrogen-bond donors (Lipinski definition) is 7. The van der Waals surface area contributed by atoms with Gasteiger partial charge in [0.25, 0.3) is 0 Å². The fourth-order valence-corrected chi connectivity index (χ4v) is 0.714. The maximum Gasteiger partial charge on any atom is 0.316 e. The first kappa shape index (κ1) is 28.6. The van der Waals surface area contributed by atoms with Crippen LogP contribution < -0.4 is 0 Å². The average Bonchev–Trinajstić information content (AvgIpc) is 1.95. The normalized spacial score (nSPS) is 10.0. The molecule has 0 saturated heterocycles. The van der Waals surface area contributed by atoms with Crippen molar-refractivity contribution in [3.05, 3.63) is 0 Å². The summed E-state index contributed by atoms with van der Waals surface area (Å²) in [5, 5.41) is 33.8. The smallest absolute Gasteiger partial charge is 0.316 e. The summed E-state index contributed by atoms with van der Waals surface area (Å²) in [5.41, 5.74) is -2.74. The molecule has 0 fully saturated rings. The van der Waals surface area contributed by atoms with Gasteiger partial charge in [0.05, 0.1) is 12.8 Å². The molecule has 0 saturated carbocycles. The molecule has 0 amide bonds. The standard InChI is InChI=1S/C6H8O7.Ca.Mg.H3O4P.4H/c7-3(8)1-6(13,5(11)12)2-4(9)10;;;1-5(2,3)4;;;;/h13H,1-2H2,(H,7,8)(H,9,10)(H,11,12);;;(H3,1,2,3,4);;;;. The zero-order valence-corrected chi connectivity index (χ0v) is 9.52. The summed E-state index contributed by atoms with van der Waals surface area (Å²) in [6.45, 7) is 0. The molecular formula is C6H15CaMgO11P. The molecule has 0 rings (SSSR count). The minimum absolute atomic E-state index is 0. The van der Waals surface area contributed by atoms with Gasteiger partial charge in [-0.3, -0.25) is 9.59 Å². The molecule has 0 aliphatic rings. The van der Waals surface area contributed by atoms with Crippen molar-refractivity contribution in [1.82, 2.24) is 0 Å². The van der Waals surface area contributed by atoms with Gasteiger partial charge in [-0.2, -0.15) is 0 Å². The third-order valence-electron chi connectivity index (χ3n) is 1.29. The van der Waals surface area contributed by atoms with Crippen LogP contribution in [0.2, 0.25) is 0 Å². The van der Waals surface area contributed by atoms with E-state index in [-0.39, 0.29) is 60.8 Å². The van der Waals surface area contributed by atoms with Gasteiger partial charge in [-0.1, -0.05) is 0 Å². The first-order valence-electron chi connectivity index (χ1n) is 3.95. The molecule has 0 aromatic heterocycles. The quantitative estimate of drug-likeness (QED) is 0.186. The predicted octanol–water partition coefficient (Wildman–Crippen LogP) is -4.01. The molecule has 0 aliphatic carbocycles. The van der Waals surface area contributed by atoms with Gasteiger partial charge in [-0.15, -0.1) is 0 Å². The minimum atomic E-state index is -4.64. The summed E-state index contributed by atoms with van der Waals surface area (Å²) in [4.78, 5) is 52.0. The van der Waals surface area contributed by atoms with E-state index in [0.29, 0.717) is 0 Å². The minimum Gasteiger partial charge on any atom is 0.316 e. The van der Waals surface area contributed by atoms with Crippen LogP contribution in [0.25, 0.3) is 0 Å². The molecule has 0 unspecified atom stereocenters. The molecule has 0 aromatic rings. The molecule has 0 bridgehead atoms. The Bertz CT molecular complexity index is 355. The molecule has 0 aliphatic heterocycles. The molecule has 14 heteroatoms. The Labute approximate surface area is 158 Å². The van der Waals surface area contributed by atoms with Gasteiger partial charge in [-0.25, -0.2) is 9.36 Å². The number of aliphatic carboxylic acids is 3. The van der Waals surface area contributed by atoms with Crippen LogP contribution in [0.3, 0.4) is 0 Å². The van der Waals surface area contributed by atoms with Crippen molar-refractivity contribution in [2.45, 2.75) is 18.4 Å². The van der Waals surface area contributed by atoms with Crippen molar-refractivity contribution < 1.29 is 54.1 Å². The van der Waals surface area contributed by atoms with E-state index < -0.39 is 44.2 Å². The maximum absolute atomic E-state index is 10.3. The monoisotopic (exact) mass is 358 g/mol. The number of phosphoric acid groups is 1. The molecule has 114 valence electrons. The second-order valence-electron chi connectivity index (χ2n) is 2.99. The SMILES string of the molecule is O=C(O)CC(O)(CC(=O)O)C(=O)O.O=P(O)(O)O.[CaH2].[MgH2]. The zero-order valence-electron chi connectivity index (χ0n) is 8.62. The first-order valence-corrected chi connectivity index (χ1v) is 5.52. The molecule has 0 atom stereocenters. The van der Waals surface area contributed by atoms with E-state index in [0.717, 1.165) is 0 Å². The summed E-state index contributed by atoms with van der Waals surface area (Å²) >= 11 is 0. The van der Waals surface area contributed by atoms with Crippen molar-refractivity contribution in [2.24, 2.45) is 0 Å². The van der Waals surface area contributed by atoms with Crippen LogP contribution in [0.4, 0.5) is 0 Å². The third kappa shape index (κ3) is 20.8. The van der Waals surface area contributed by atoms with Gasteiger partial charge in [0.2, 0.25) is 0 Å². The summed E-state index contributed by atoms with van der Waals surface area (Å²) in [6.07, 6.45) is -2.29. The van der Waals surface area contributed by atoms with Crippen molar-refractivity contribution in [3.63, 3.8) is 0 Å². The van der Waals surface area contributed by atoms with Crippen LogP contribution in [0.1, 0.15) is 12.8 Å². The predicted molar refractivity (Wildman–Crippen MR) is 68.4 cm³/mol. The Morgan fingerprint density at radius 1 is 0.900 bits per heavy atom. The Hall–Kier alpha value is 0.506. The van der Waals surface area contributed by atoms with Crippen molar-refractivity contribution >= 4 is 86.5 Å². The van der Waals surface area contributed by atoms with E-state index in [1.807, 2.05) is 0 Å². The van der Waals surface area contributed by atoms with Gasteiger partial charge >= 0.3 is 86.5 Å². The topological polar surface area (TPSA) is 210 Å². The number of carboxylic acid groups (broad SMARTS) is 3. The molecule has 0 spiro atoms. The van der Waals surface area contributed by atoms with Crippen LogP contribution in [0.15, 0.2) is 0 Å². The number of carbonyl (C=O) groups is 3. The Morgan fingerprint density at radius 2 is 1.10 bits per heavy atom. The molecule has 7 N–H and O–H groups in total. The molecule has 20 heavy (non-hydrogen) atoms. The van der Waals surface area contributed by atoms with E-state index in [1.165, 1.54) is 0 Å². The Morgan fingerprint density at radius 3 is 1.20 bits per heavy atom. The molecule has 0 heterocycles. The van der Waals surface area contributed by atoms with Crippen molar-refractivity contribution in [2.75, 3.05) is 0 Å². The van der Waals surface area contributed by atoms with Crippen LogP contribution >= 0.6 is 7.82 Å². The second-order valence-corrected chi connectivity index (χ2v) is 4.02. The summed E-state index contributed by atoms with van der Waals surface area (Å²) in [7, 11) is -4.64. The van der Waals surface area contributed by atoms with Crippen LogP contribution in [0, 0.1) is 0 Å². The van der Waals surface area contributed by atoms with Gasteiger partial charge in [0.15, 0.2) is 5.60 Å². The summed E-state index contributed by atoms with van der Waals surface area (Å²) in [6, 6.07) is 0. The van der Waals surface area contributed by atoms with Crippen LogP contribution in [-0.4, -0.2) is 119 Å². The van der Waals surface area contributed by atoms with Crippen LogP contribution in [-0.2, 0) is 18.9 Å². The second kappa shape index (κ2) is 12.1. The van der Waals surface area contributed by atoms with Gasteiger partial charge in [0.1, 0.15) is 0 Å². The molecule has 11 nitrogen and oxygen atoms in total. The number of hydrogen-bond acceptors (Lipinski definition) is 5. The van der Waals surface area contributed by atoms with E-state index in [9.17, 15) is 14.4 Å². The number of rotatable bonds is 5. The Kier molecular flexibility index (Phi) is 17.3. The van der Waals surface area contributed by atoms with E-state index in [4.69, 9.17) is 39.7 Å². The van der Waals surface area contributed by atoms with Crippen molar-refractivity contribution in [1.29, 1.82) is 0 Å². The first-order chi connectivity index (χ1) is 7.78. The zero-order chi connectivity index (χ0) is 15.1. The summed E-state index contributed by atoms with van der Waals surface area (Å²) < 4.78 is 8.88. The maximum atomic E-state index is 10.3. The molecule has 0 radical (unpaired) electrons. The average molecular weight is 359 g/mol. The number of aliphatic hydroxyl groups is 1. The molecular weight excluding hydrogens is 343 g/mol. The van der Waals surface area contributed by atoms with Gasteiger partial charge in [-0.05, 0) is 0 Å². The van der Waals surface area contributed by atoms with E-state index in [1.54, 1.807) is 0 Å². The summed E-state index contributed by atoms with van der Waals surface area (Å²) in [5.74, 6) is -5.02. The number of carboxylic acids is 3. The van der Waals surface area contributed by atoms with Crippen LogP contribution in [0.5, 0.6) is 0 Å². The fraction of sp³-hybridized carbons (Fsp3) is 0.500. The molecule has 0 aromatic carbocycles. The Balaban J connectivity index is -0.000000158. The third-order valence-corrected chi connectivity index (χ3v) is 1.29. The fourth-order valence-electron chi connectivity index (χ4n) is 0.714. The van der Waals surface area contributed by atoms with Gasteiger partial charge < -0.3 is 35.1 Å². The van der Waals surface area contributed by atoms with Crippen molar-refractivity contribution in [3.8, 4) is 0 Å². The van der Waals surface area contributed by atoms with Gasteiger partial charge in [0, 0.05) is 0 Å². The van der Waals surface area contributed by atoms with E-state index in [2.05, 4.69) is 0 Å². The van der Waals surface area contributed by atoms with E-state index >= 15 is 0 Å².